The van der Waals surface area contributed by atoms with Gasteiger partial charge in [-0.3, -0.25) is 9.59 Å². The van der Waals surface area contributed by atoms with Crippen LogP contribution >= 0.6 is 23.2 Å². The summed E-state index contributed by atoms with van der Waals surface area (Å²) in [5.41, 5.74) is 3.60. The number of benzene rings is 2. The fourth-order valence-corrected chi connectivity index (χ4v) is 4.21. The van der Waals surface area contributed by atoms with E-state index in [1.54, 1.807) is 22.6 Å². The quantitative estimate of drug-likeness (QED) is 0.588. The number of carbonyl (C=O) groups is 2. The smallest absolute Gasteiger partial charge is 0.256 e. The topological polar surface area (TPSA) is 67.2 Å². The van der Waals surface area contributed by atoms with Crippen LogP contribution in [0.3, 0.4) is 0 Å². The van der Waals surface area contributed by atoms with Gasteiger partial charge in [0.2, 0.25) is 5.91 Å². The third-order valence-electron chi connectivity index (χ3n) is 5.34. The van der Waals surface area contributed by atoms with Crippen molar-refractivity contribution in [3.63, 3.8) is 0 Å². The molecular formula is C23H22Cl2N4O2. The second kappa shape index (κ2) is 9.12. The molecule has 1 N–H and O–H groups in total. The molecule has 0 saturated carbocycles. The van der Waals surface area contributed by atoms with E-state index in [2.05, 4.69) is 10.4 Å². The molecule has 3 aromatic rings. The lowest BCUT2D eigenvalue weighted by Gasteiger charge is -2.16. The maximum Gasteiger partial charge on any atom is 0.256 e. The van der Waals surface area contributed by atoms with E-state index in [1.807, 2.05) is 42.5 Å². The Morgan fingerprint density at radius 2 is 1.87 bits per heavy atom. The van der Waals surface area contributed by atoms with E-state index in [1.165, 1.54) is 0 Å². The van der Waals surface area contributed by atoms with Crippen molar-refractivity contribution in [3.8, 4) is 0 Å². The monoisotopic (exact) mass is 456 g/mol. The fraction of sp³-hybridized carbons (Fsp3) is 0.261. The average Bonchev–Trinajstić information content (AvgIpc) is 3.31. The summed E-state index contributed by atoms with van der Waals surface area (Å²) in [7, 11) is 0. The summed E-state index contributed by atoms with van der Waals surface area (Å²) in [5.74, 6) is -0.133. The summed E-state index contributed by atoms with van der Waals surface area (Å²) < 4.78 is 1.58. The molecule has 31 heavy (non-hydrogen) atoms. The van der Waals surface area contributed by atoms with Gasteiger partial charge >= 0.3 is 0 Å². The maximum absolute atomic E-state index is 12.8. The second-order valence-electron chi connectivity index (χ2n) is 7.50. The Balaban J connectivity index is 1.42. The van der Waals surface area contributed by atoms with E-state index in [9.17, 15) is 9.59 Å². The number of amides is 2. The van der Waals surface area contributed by atoms with Crippen LogP contribution in [0.25, 0.3) is 0 Å². The highest BCUT2D eigenvalue weighted by Crippen LogP contribution is 2.24. The van der Waals surface area contributed by atoms with Gasteiger partial charge in [-0.15, -0.1) is 0 Å². The van der Waals surface area contributed by atoms with Crippen LogP contribution in [0.4, 0.5) is 5.69 Å². The average molecular weight is 457 g/mol. The standard InChI is InChI=1S/C23H22Cl2N4O2/c1-15-21(22(25)29(27-15)14-17-5-2-3-6-19(17)24)23(31)26-13-16-8-10-18(11-9-16)28-12-4-7-20(28)30/h2-3,5-6,8-11H,4,7,12-14H2,1H3,(H,26,31). The Morgan fingerprint density at radius 1 is 1.13 bits per heavy atom. The van der Waals surface area contributed by atoms with E-state index < -0.39 is 0 Å². The maximum atomic E-state index is 12.8. The van der Waals surface area contributed by atoms with Gasteiger partial charge in [-0.05, 0) is 42.7 Å². The number of nitrogens with zero attached hydrogens (tertiary/aromatic N) is 3. The molecule has 1 aliphatic heterocycles. The van der Waals surface area contributed by atoms with Gasteiger partial charge in [0, 0.05) is 30.2 Å². The molecule has 0 radical (unpaired) electrons. The predicted molar refractivity (Wildman–Crippen MR) is 122 cm³/mol. The summed E-state index contributed by atoms with van der Waals surface area (Å²) in [5, 5.41) is 8.21. The van der Waals surface area contributed by atoms with Crippen LogP contribution < -0.4 is 10.2 Å². The molecule has 2 heterocycles. The van der Waals surface area contributed by atoms with Gasteiger partial charge in [0.1, 0.15) is 5.15 Å². The zero-order valence-corrected chi connectivity index (χ0v) is 18.6. The highest BCUT2D eigenvalue weighted by Gasteiger charge is 2.22. The van der Waals surface area contributed by atoms with Gasteiger partial charge < -0.3 is 10.2 Å². The third kappa shape index (κ3) is 4.60. The number of nitrogens with one attached hydrogen (secondary N) is 1. The van der Waals surface area contributed by atoms with Crippen LogP contribution in [0, 0.1) is 6.92 Å². The van der Waals surface area contributed by atoms with Crippen molar-refractivity contribution < 1.29 is 9.59 Å². The van der Waals surface area contributed by atoms with E-state index >= 15 is 0 Å². The van der Waals surface area contributed by atoms with Gasteiger partial charge in [-0.25, -0.2) is 4.68 Å². The lowest BCUT2D eigenvalue weighted by atomic mass is 10.2. The van der Waals surface area contributed by atoms with E-state index in [-0.39, 0.29) is 17.0 Å². The Labute approximate surface area is 190 Å². The van der Waals surface area contributed by atoms with Crippen molar-refractivity contribution in [2.24, 2.45) is 0 Å². The molecular weight excluding hydrogens is 435 g/mol. The molecule has 1 fully saturated rings. The molecule has 0 unspecified atom stereocenters. The number of aryl methyl sites for hydroxylation is 1. The summed E-state index contributed by atoms with van der Waals surface area (Å²) in [6.07, 6.45) is 1.49. The van der Waals surface area contributed by atoms with Crippen LogP contribution in [-0.4, -0.2) is 28.1 Å². The molecule has 2 aromatic carbocycles. The molecule has 160 valence electrons. The van der Waals surface area contributed by atoms with Gasteiger partial charge in [-0.2, -0.15) is 5.10 Å². The molecule has 6 nitrogen and oxygen atoms in total. The molecule has 8 heteroatoms. The van der Waals surface area contributed by atoms with Crippen molar-refractivity contribution in [1.82, 2.24) is 15.1 Å². The van der Waals surface area contributed by atoms with E-state index in [4.69, 9.17) is 23.2 Å². The molecule has 0 spiro atoms. The molecule has 1 aromatic heterocycles. The van der Waals surface area contributed by atoms with Gasteiger partial charge in [0.05, 0.1) is 17.8 Å². The molecule has 0 atom stereocenters. The first-order valence-corrected chi connectivity index (χ1v) is 10.8. The number of aromatic nitrogens is 2. The van der Waals surface area contributed by atoms with Gasteiger partial charge in [-0.1, -0.05) is 53.5 Å². The summed E-state index contributed by atoms with van der Waals surface area (Å²) >= 11 is 12.7. The number of hydrogen-bond acceptors (Lipinski definition) is 3. The summed E-state index contributed by atoms with van der Waals surface area (Å²) in [6.45, 7) is 3.23. The normalized spacial score (nSPS) is 13.6. The zero-order chi connectivity index (χ0) is 22.0. The van der Waals surface area contributed by atoms with Crippen LogP contribution in [0.15, 0.2) is 48.5 Å². The first-order valence-electron chi connectivity index (χ1n) is 10.1. The first kappa shape index (κ1) is 21.4. The van der Waals surface area contributed by atoms with Crippen LogP contribution in [-0.2, 0) is 17.9 Å². The van der Waals surface area contributed by atoms with Crippen molar-refractivity contribution in [1.29, 1.82) is 0 Å². The lowest BCUT2D eigenvalue weighted by Crippen LogP contribution is -2.24. The van der Waals surface area contributed by atoms with Gasteiger partial charge in [0.15, 0.2) is 0 Å². The number of carbonyl (C=O) groups excluding carboxylic acids is 2. The number of rotatable bonds is 6. The van der Waals surface area contributed by atoms with Crippen molar-refractivity contribution in [2.75, 3.05) is 11.4 Å². The van der Waals surface area contributed by atoms with Crippen LogP contribution in [0.1, 0.15) is 40.0 Å². The van der Waals surface area contributed by atoms with E-state index in [0.717, 1.165) is 29.8 Å². The lowest BCUT2D eigenvalue weighted by molar-refractivity contribution is -0.117. The minimum Gasteiger partial charge on any atom is -0.348 e. The van der Waals surface area contributed by atoms with Gasteiger partial charge in [0.25, 0.3) is 5.91 Å². The molecule has 4 rings (SSSR count). The molecule has 0 bridgehead atoms. The highest BCUT2D eigenvalue weighted by atomic mass is 35.5. The zero-order valence-electron chi connectivity index (χ0n) is 17.1. The largest absolute Gasteiger partial charge is 0.348 e. The minimum absolute atomic E-state index is 0.153. The first-order chi connectivity index (χ1) is 14.9. The summed E-state index contributed by atoms with van der Waals surface area (Å²) in [6, 6.07) is 15.1. The minimum atomic E-state index is -0.285. The number of anilines is 1. The van der Waals surface area contributed by atoms with E-state index in [0.29, 0.717) is 35.8 Å². The Hall–Kier alpha value is -2.83. The molecule has 1 saturated heterocycles. The predicted octanol–water partition coefficient (Wildman–Crippen LogP) is 4.60. The molecule has 1 aliphatic rings. The fourth-order valence-electron chi connectivity index (χ4n) is 3.69. The third-order valence-corrected chi connectivity index (χ3v) is 6.10. The molecule has 0 aliphatic carbocycles. The SMILES string of the molecule is Cc1nn(Cc2ccccc2Cl)c(Cl)c1C(=O)NCc1ccc(N2CCCC2=O)cc1. The molecule has 2 amide bonds. The second-order valence-corrected chi connectivity index (χ2v) is 8.26. The van der Waals surface area contributed by atoms with Crippen LogP contribution in [0.2, 0.25) is 10.2 Å². The van der Waals surface area contributed by atoms with Crippen molar-refractivity contribution in [3.05, 3.63) is 81.1 Å². The van der Waals surface area contributed by atoms with Crippen molar-refractivity contribution >= 4 is 40.7 Å². The number of hydrogen-bond donors (Lipinski definition) is 1. The number of halogens is 2. The van der Waals surface area contributed by atoms with Crippen LogP contribution in [0.5, 0.6) is 0 Å². The Morgan fingerprint density at radius 3 is 2.55 bits per heavy atom. The summed E-state index contributed by atoms with van der Waals surface area (Å²) in [4.78, 5) is 26.4. The van der Waals surface area contributed by atoms with Crippen molar-refractivity contribution in [2.45, 2.75) is 32.9 Å². The highest BCUT2D eigenvalue weighted by molar-refractivity contribution is 6.33. The Kier molecular flexibility index (Phi) is 6.30. The Bertz CT molecular complexity index is 1130.